The summed E-state index contributed by atoms with van der Waals surface area (Å²) in [5.41, 5.74) is 3.74. The second kappa shape index (κ2) is 7.16. The number of anilines is 2. The number of fused-ring (bicyclic) bond motifs is 1. The normalized spacial score (nSPS) is 17.7. The molecular formula is C23H22N2O2. The van der Waals surface area contributed by atoms with Crippen LogP contribution in [0.5, 0.6) is 5.75 Å². The van der Waals surface area contributed by atoms with Crippen LogP contribution >= 0.6 is 0 Å². The number of hydrogen-bond acceptors (Lipinski definition) is 4. The monoisotopic (exact) mass is 358 g/mol. The summed E-state index contributed by atoms with van der Waals surface area (Å²) in [7, 11) is 4.02. The van der Waals surface area contributed by atoms with Crippen molar-refractivity contribution in [1.29, 1.82) is 0 Å². The molecule has 0 amide bonds. The molecule has 27 heavy (non-hydrogen) atoms. The van der Waals surface area contributed by atoms with Crippen molar-refractivity contribution < 1.29 is 9.53 Å². The summed E-state index contributed by atoms with van der Waals surface area (Å²) in [5, 5.41) is 3.50. The molecule has 4 nitrogen and oxygen atoms in total. The molecule has 3 aromatic rings. The van der Waals surface area contributed by atoms with Crippen molar-refractivity contribution in [3.8, 4) is 5.75 Å². The number of ketones is 1. The zero-order chi connectivity index (χ0) is 18.8. The Morgan fingerprint density at radius 2 is 1.56 bits per heavy atom. The van der Waals surface area contributed by atoms with Gasteiger partial charge in [0.15, 0.2) is 6.10 Å². The third-order valence-electron chi connectivity index (χ3n) is 4.83. The van der Waals surface area contributed by atoms with E-state index in [1.807, 2.05) is 80.8 Å². The van der Waals surface area contributed by atoms with Crippen molar-refractivity contribution in [2.24, 2.45) is 0 Å². The van der Waals surface area contributed by atoms with Crippen molar-refractivity contribution in [1.82, 2.24) is 0 Å². The molecule has 1 N–H and O–H groups in total. The average molecular weight is 358 g/mol. The first-order valence-electron chi connectivity index (χ1n) is 9.02. The van der Waals surface area contributed by atoms with Crippen LogP contribution in [0.3, 0.4) is 0 Å². The van der Waals surface area contributed by atoms with Gasteiger partial charge in [-0.05, 0) is 30.3 Å². The SMILES string of the molecule is CN(C)c1ccc(NC2c3ccccc3OC2C(=O)c2ccccc2)cc1. The van der Waals surface area contributed by atoms with E-state index in [0.717, 1.165) is 22.7 Å². The van der Waals surface area contributed by atoms with E-state index in [2.05, 4.69) is 22.3 Å². The smallest absolute Gasteiger partial charge is 0.205 e. The molecular weight excluding hydrogens is 336 g/mol. The third kappa shape index (κ3) is 3.38. The molecule has 1 aliphatic heterocycles. The molecule has 136 valence electrons. The van der Waals surface area contributed by atoms with E-state index in [9.17, 15) is 4.79 Å². The molecule has 4 rings (SSSR count). The standard InChI is InChI=1S/C23H22N2O2/c1-25(2)18-14-12-17(13-15-18)24-21-19-10-6-7-11-20(19)27-23(21)22(26)16-8-4-3-5-9-16/h3-15,21,23-24H,1-2H3. The number of carbonyl (C=O) groups excluding carboxylic acids is 1. The molecule has 0 bridgehead atoms. The Morgan fingerprint density at radius 3 is 2.26 bits per heavy atom. The summed E-state index contributed by atoms with van der Waals surface area (Å²) in [5.74, 6) is 0.739. The molecule has 0 saturated heterocycles. The van der Waals surface area contributed by atoms with Gasteiger partial charge in [0.2, 0.25) is 5.78 Å². The Balaban J connectivity index is 1.64. The van der Waals surface area contributed by atoms with Gasteiger partial charge >= 0.3 is 0 Å². The van der Waals surface area contributed by atoms with Gasteiger partial charge in [0.1, 0.15) is 5.75 Å². The van der Waals surface area contributed by atoms with Crippen LogP contribution in [0.1, 0.15) is 22.0 Å². The van der Waals surface area contributed by atoms with Crippen LogP contribution in [0.4, 0.5) is 11.4 Å². The van der Waals surface area contributed by atoms with Gasteiger partial charge in [0, 0.05) is 36.6 Å². The van der Waals surface area contributed by atoms with Crippen molar-refractivity contribution in [3.63, 3.8) is 0 Å². The summed E-state index contributed by atoms with van der Waals surface area (Å²) in [6, 6.07) is 25.1. The number of ether oxygens (including phenoxy) is 1. The minimum Gasteiger partial charge on any atom is -0.479 e. The summed E-state index contributed by atoms with van der Waals surface area (Å²) in [6.07, 6.45) is -0.599. The fourth-order valence-corrected chi connectivity index (χ4v) is 3.37. The van der Waals surface area contributed by atoms with E-state index in [-0.39, 0.29) is 11.8 Å². The first kappa shape index (κ1) is 17.2. The van der Waals surface area contributed by atoms with Gasteiger partial charge in [-0.1, -0.05) is 48.5 Å². The molecule has 0 aromatic heterocycles. The number of nitrogens with one attached hydrogen (secondary N) is 1. The molecule has 0 spiro atoms. The maximum Gasteiger partial charge on any atom is 0.205 e. The van der Waals surface area contributed by atoms with E-state index in [1.54, 1.807) is 0 Å². The molecule has 2 atom stereocenters. The van der Waals surface area contributed by atoms with Crippen LogP contribution in [0.15, 0.2) is 78.9 Å². The summed E-state index contributed by atoms with van der Waals surface area (Å²) < 4.78 is 6.05. The molecule has 0 saturated carbocycles. The predicted molar refractivity (Wildman–Crippen MR) is 109 cm³/mol. The highest BCUT2D eigenvalue weighted by atomic mass is 16.5. The van der Waals surface area contributed by atoms with Gasteiger partial charge in [-0.3, -0.25) is 4.79 Å². The van der Waals surface area contributed by atoms with Crippen molar-refractivity contribution in [2.75, 3.05) is 24.3 Å². The Kier molecular flexibility index (Phi) is 4.55. The van der Waals surface area contributed by atoms with Crippen LogP contribution in [-0.4, -0.2) is 26.0 Å². The van der Waals surface area contributed by atoms with E-state index >= 15 is 0 Å². The van der Waals surface area contributed by atoms with Crippen LogP contribution in [-0.2, 0) is 0 Å². The van der Waals surface area contributed by atoms with Gasteiger partial charge in [-0.2, -0.15) is 0 Å². The highest BCUT2D eigenvalue weighted by Crippen LogP contribution is 2.39. The summed E-state index contributed by atoms with van der Waals surface area (Å²) >= 11 is 0. The van der Waals surface area contributed by atoms with Crippen LogP contribution in [0.2, 0.25) is 0 Å². The fraction of sp³-hybridized carbons (Fsp3) is 0.174. The highest BCUT2D eigenvalue weighted by molar-refractivity contribution is 6.01. The maximum atomic E-state index is 13.1. The van der Waals surface area contributed by atoms with Crippen LogP contribution in [0.25, 0.3) is 0 Å². The molecule has 0 fully saturated rings. The number of nitrogens with zero attached hydrogens (tertiary/aromatic N) is 1. The van der Waals surface area contributed by atoms with Gasteiger partial charge < -0.3 is 15.0 Å². The lowest BCUT2D eigenvalue weighted by Gasteiger charge is -2.21. The van der Waals surface area contributed by atoms with Crippen molar-refractivity contribution in [3.05, 3.63) is 90.0 Å². The maximum absolute atomic E-state index is 13.1. The number of Topliss-reactive ketones (excluding diaryl/α,β-unsaturated/α-hetero) is 1. The summed E-state index contributed by atoms with van der Waals surface area (Å²) in [6.45, 7) is 0. The number of para-hydroxylation sites is 1. The zero-order valence-electron chi connectivity index (χ0n) is 15.4. The fourth-order valence-electron chi connectivity index (χ4n) is 3.37. The van der Waals surface area contributed by atoms with Crippen molar-refractivity contribution >= 4 is 17.2 Å². The van der Waals surface area contributed by atoms with E-state index in [0.29, 0.717) is 5.56 Å². The molecule has 1 heterocycles. The Labute approximate surface area is 159 Å². The van der Waals surface area contributed by atoms with Gasteiger partial charge in [-0.15, -0.1) is 0 Å². The Bertz CT molecular complexity index is 936. The first-order chi connectivity index (χ1) is 13.1. The molecule has 0 aliphatic carbocycles. The molecule has 0 radical (unpaired) electrons. The minimum absolute atomic E-state index is 0.0192. The zero-order valence-corrected chi connectivity index (χ0v) is 15.4. The molecule has 3 aromatic carbocycles. The first-order valence-corrected chi connectivity index (χ1v) is 9.02. The second-order valence-electron chi connectivity index (χ2n) is 6.87. The molecule has 1 aliphatic rings. The molecule has 2 unspecified atom stereocenters. The number of hydrogen-bond donors (Lipinski definition) is 1. The van der Waals surface area contributed by atoms with Gasteiger partial charge in [0.25, 0.3) is 0 Å². The Morgan fingerprint density at radius 1 is 0.889 bits per heavy atom. The minimum atomic E-state index is -0.599. The number of carbonyl (C=O) groups is 1. The number of rotatable bonds is 5. The topological polar surface area (TPSA) is 41.6 Å². The predicted octanol–water partition coefficient (Wildman–Crippen LogP) is 4.55. The van der Waals surface area contributed by atoms with Crippen LogP contribution < -0.4 is 15.0 Å². The van der Waals surface area contributed by atoms with Crippen molar-refractivity contribution in [2.45, 2.75) is 12.1 Å². The van der Waals surface area contributed by atoms with E-state index in [4.69, 9.17) is 4.74 Å². The lowest BCUT2D eigenvalue weighted by molar-refractivity contribution is 0.0802. The quantitative estimate of drug-likeness (QED) is 0.680. The summed E-state index contributed by atoms with van der Waals surface area (Å²) in [4.78, 5) is 15.1. The third-order valence-corrected chi connectivity index (χ3v) is 4.83. The van der Waals surface area contributed by atoms with Crippen LogP contribution in [0, 0.1) is 0 Å². The van der Waals surface area contributed by atoms with Gasteiger partial charge in [-0.25, -0.2) is 0 Å². The second-order valence-corrected chi connectivity index (χ2v) is 6.87. The van der Waals surface area contributed by atoms with E-state index < -0.39 is 6.10 Å². The highest BCUT2D eigenvalue weighted by Gasteiger charge is 2.39. The lowest BCUT2D eigenvalue weighted by atomic mass is 9.96. The molecule has 4 heteroatoms. The largest absolute Gasteiger partial charge is 0.479 e. The number of benzene rings is 3. The van der Waals surface area contributed by atoms with Gasteiger partial charge in [0.05, 0.1) is 6.04 Å². The van der Waals surface area contributed by atoms with E-state index in [1.165, 1.54) is 0 Å². The Hall–Kier alpha value is -3.27. The lowest BCUT2D eigenvalue weighted by Crippen LogP contribution is -2.33. The average Bonchev–Trinajstić information content (AvgIpc) is 3.07.